The van der Waals surface area contributed by atoms with Gasteiger partial charge in [0.1, 0.15) is 12.1 Å². The summed E-state index contributed by atoms with van der Waals surface area (Å²) < 4.78 is 10.7. The van der Waals surface area contributed by atoms with Crippen molar-refractivity contribution in [1.29, 1.82) is 0 Å². The Balaban J connectivity index is 1.42. The van der Waals surface area contributed by atoms with Gasteiger partial charge in [-0.25, -0.2) is 4.79 Å². The molecule has 1 aromatic carbocycles. The Hall–Kier alpha value is -2.77. The molecule has 3 aliphatic rings. The first-order valence-electron chi connectivity index (χ1n) is 9.27. The van der Waals surface area contributed by atoms with E-state index in [1.54, 1.807) is 13.0 Å². The van der Waals surface area contributed by atoms with Gasteiger partial charge in [-0.3, -0.25) is 14.5 Å². The molecule has 2 N–H and O–H groups in total. The molecule has 27 heavy (non-hydrogen) atoms. The van der Waals surface area contributed by atoms with Crippen molar-refractivity contribution in [3.8, 4) is 11.5 Å². The lowest BCUT2D eigenvalue weighted by Crippen LogP contribution is -2.47. The first-order valence-corrected chi connectivity index (χ1v) is 9.27. The SMILES string of the molecule is CC1(Cc2ccc3c(c2)OCO3)NC(=O)N(CC(=O)NC2CCCC2)C1=O. The number of imide groups is 1. The third-order valence-corrected chi connectivity index (χ3v) is 5.36. The van der Waals surface area contributed by atoms with Crippen LogP contribution >= 0.6 is 0 Å². The van der Waals surface area contributed by atoms with Crippen LogP contribution in [0, 0.1) is 0 Å². The molecule has 1 atom stereocenters. The Morgan fingerprint density at radius 3 is 2.78 bits per heavy atom. The molecule has 0 spiro atoms. The number of amides is 4. The van der Waals surface area contributed by atoms with Gasteiger partial charge in [0.25, 0.3) is 5.91 Å². The fourth-order valence-electron chi connectivity index (χ4n) is 3.96. The summed E-state index contributed by atoms with van der Waals surface area (Å²) in [4.78, 5) is 38.4. The van der Waals surface area contributed by atoms with E-state index < -0.39 is 17.5 Å². The van der Waals surface area contributed by atoms with Crippen molar-refractivity contribution in [2.24, 2.45) is 0 Å². The van der Waals surface area contributed by atoms with E-state index in [1.807, 2.05) is 12.1 Å². The van der Waals surface area contributed by atoms with Crippen LogP contribution in [0.5, 0.6) is 11.5 Å². The van der Waals surface area contributed by atoms with Crippen molar-refractivity contribution in [2.75, 3.05) is 13.3 Å². The topological polar surface area (TPSA) is 97.0 Å². The van der Waals surface area contributed by atoms with Crippen molar-refractivity contribution in [3.63, 3.8) is 0 Å². The summed E-state index contributed by atoms with van der Waals surface area (Å²) in [6, 6.07) is 5.05. The third kappa shape index (κ3) is 3.43. The van der Waals surface area contributed by atoms with E-state index in [-0.39, 0.29) is 25.3 Å². The molecule has 4 amide bonds. The number of hydrogen-bond acceptors (Lipinski definition) is 5. The minimum Gasteiger partial charge on any atom is -0.454 e. The largest absolute Gasteiger partial charge is 0.454 e. The molecule has 0 aromatic heterocycles. The van der Waals surface area contributed by atoms with E-state index in [0.717, 1.165) is 36.1 Å². The number of benzene rings is 1. The van der Waals surface area contributed by atoms with Crippen LogP contribution in [0.15, 0.2) is 18.2 Å². The lowest BCUT2D eigenvalue weighted by Gasteiger charge is -2.22. The van der Waals surface area contributed by atoms with Crippen LogP contribution in [0.1, 0.15) is 38.2 Å². The van der Waals surface area contributed by atoms with Gasteiger partial charge in [0.05, 0.1) is 0 Å². The molecule has 1 saturated carbocycles. The zero-order valence-electron chi connectivity index (χ0n) is 15.2. The fraction of sp³-hybridized carbons (Fsp3) is 0.526. The molecule has 8 nitrogen and oxygen atoms in total. The van der Waals surface area contributed by atoms with E-state index in [4.69, 9.17) is 9.47 Å². The lowest BCUT2D eigenvalue weighted by molar-refractivity contribution is -0.134. The number of fused-ring (bicyclic) bond motifs is 1. The van der Waals surface area contributed by atoms with E-state index in [0.29, 0.717) is 17.9 Å². The molecule has 2 fully saturated rings. The second-order valence-corrected chi connectivity index (χ2v) is 7.57. The Bertz CT molecular complexity index is 790. The second kappa shape index (κ2) is 6.75. The van der Waals surface area contributed by atoms with Crippen molar-refractivity contribution in [2.45, 2.75) is 50.6 Å². The third-order valence-electron chi connectivity index (χ3n) is 5.36. The minimum atomic E-state index is -1.10. The Morgan fingerprint density at radius 2 is 2.00 bits per heavy atom. The van der Waals surface area contributed by atoms with Crippen LogP contribution in [0.25, 0.3) is 0 Å². The monoisotopic (exact) mass is 373 g/mol. The van der Waals surface area contributed by atoms with Crippen molar-refractivity contribution in [1.82, 2.24) is 15.5 Å². The van der Waals surface area contributed by atoms with Crippen LogP contribution in [0.2, 0.25) is 0 Å². The number of urea groups is 1. The maximum absolute atomic E-state index is 12.9. The maximum atomic E-state index is 12.9. The second-order valence-electron chi connectivity index (χ2n) is 7.57. The van der Waals surface area contributed by atoms with Crippen molar-refractivity contribution in [3.05, 3.63) is 23.8 Å². The molecule has 8 heteroatoms. The zero-order chi connectivity index (χ0) is 19.0. The van der Waals surface area contributed by atoms with E-state index >= 15 is 0 Å². The Kier molecular flexibility index (Phi) is 4.41. The number of carbonyl (C=O) groups is 3. The molecule has 1 saturated heterocycles. The zero-order valence-corrected chi connectivity index (χ0v) is 15.2. The van der Waals surface area contributed by atoms with Gasteiger partial charge in [-0.2, -0.15) is 0 Å². The first-order chi connectivity index (χ1) is 12.9. The number of nitrogens with one attached hydrogen (secondary N) is 2. The summed E-state index contributed by atoms with van der Waals surface area (Å²) in [6.07, 6.45) is 4.40. The summed E-state index contributed by atoms with van der Waals surface area (Å²) >= 11 is 0. The number of nitrogens with zero attached hydrogens (tertiary/aromatic N) is 1. The molecule has 1 aromatic rings. The average molecular weight is 373 g/mol. The number of carbonyl (C=O) groups excluding carboxylic acids is 3. The van der Waals surface area contributed by atoms with Gasteiger partial charge in [0.2, 0.25) is 12.7 Å². The van der Waals surface area contributed by atoms with Gasteiger partial charge in [0.15, 0.2) is 11.5 Å². The predicted molar refractivity (Wildman–Crippen MR) is 95.3 cm³/mol. The molecule has 2 aliphatic heterocycles. The van der Waals surface area contributed by atoms with Crippen LogP contribution in [0.3, 0.4) is 0 Å². The van der Waals surface area contributed by atoms with Gasteiger partial charge in [-0.1, -0.05) is 18.9 Å². The molecular formula is C19H23N3O5. The van der Waals surface area contributed by atoms with Crippen LogP contribution < -0.4 is 20.1 Å². The highest BCUT2D eigenvalue weighted by Crippen LogP contribution is 2.34. The molecule has 0 radical (unpaired) electrons. The van der Waals surface area contributed by atoms with E-state index in [1.165, 1.54) is 0 Å². The summed E-state index contributed by atoms with van der Waals surface area (Å²) in [5, 5.41) is 5.64. The van der Waals surface area contributed by atoms with Gasteiger partial charge in [-0.05, 0) is 37.5 Å². The van der Waals surface area contributed by atoms with Gasteiger partial charge in [-0.15, -0.1) is 0 Å². The molecule has 1 unspecified atom stereocenters. The average Bonchev–Trinajstić information content (AvgIpc) is 3.33. The highest BCUT2D eigenvalue weighted by Gasteiger charge is 2.48. The summed E-state index contributed by atoms with van der Waals surface area (Å²) in [6.45, 7) is 1.60. The smallest absolute Gasteiger partial charge is 0.325 e. The summed E-state index contributed by atoms with van der Waals surface area (Å²) in [7, 11) is 0. The quantitative estimate of drug-likeness (QED) is 0.759. The molecule has 2 heterocycles. The van der Waals surface area contributed by atoms with Gasteiger partial charge < -0.3 is 20.1 Å². The van der Waals surface area contributed by atoms with Crippen LogP contribution in [-0.4, -0.2) is 47.7 Å². The fourth-order valence-corrected chi connectivity index (χ4v) is 3.96. The normalized spacial score (nSPS) is 24.4. The molecule has 1 aliphatic carbocycles. The number of rotatable bonds is 5. The van der Waals surface area contributed by atoms with E-state index in [9.17, 15) is 14.4 Å². The van der Waals surface area contributed by atoms with Crippen LogP contribution in [-0.2, 0) is 16.0 Å². The van der Waals surface area contributed by atoms with E-state index in [2.05, 4.69) is 10.6 Å². The lowest BCUT2D eigenvalue weighted by atomic mass is 9.92. The maximum Gasteiger partial charge on any atom is 0.325 e. The molecule has 144 valence electrons. The standard InChI is InChI=1S/C19H23N3O5/c1-19(9-12-6-7-14-15(8-12)27-11-26-14)17(24)22(18(25)21-19)10-16(23)20-13-4-2-3-5-13/h6-8,13H,2-5,9-11H2,1H3,(H,20,23)(H,21,25). The van der Waals surface area contributed by atoms with Gasteiger partial charge in [0, 0.05) is 12.5 Å². The highest BCUT2D eigenvalue weighted by atomic mass is 16.7. The minimum absolute atomic E-state index is 0.151. The molecule has 0 bridgehead atoms. The molecule has 4 rings (SSSR count). The van der Waals surface area contributed by atoms with Crippen molar-refractivity contribution < 1.29 is 23.9 Å². The van der Waals surface area contributed by atoms with Crippen LogP contribution in [0.4, 0.5) is 4.79 Å². The Morgan fingerprint density at radius 1 is 1.26 bits per heavy atom. The Labute approximate surface area is 157 Å². The van der Waals surface area contributed by atoms with Gasteiger partial charge >= 0.3 is 6.03 Å². The number of hydrogen-bond donors (Lipinski definition) is 2. The summed E-state index contributed by atoms with van der Waals surface area (Å²) in [5.41, 5.74) is -0.258. The highest BCUT2D eigenvalue weighted by molar-refractivity contribution is 6.09. The number of ether oxygens (including phenoxy) is 2. The molecular weight excluding hydrogens is 350 g/mol. The summed E-state index contributed by atoms with van der Waals surface area (Å²) in [5.74, 6) is 0.598. The predicted octanol–water partition coefficient (Wildman–Crippen LogP) is 1.33. The van der Waals surface area contributed by atoms with Crippen molar-refractivity contribution >= 4 is 17.8 Å². The first kappa shape index (κ1) is 17.6.